The Labute approximate surface area is 79.2 Å². The van der Waals surface area contributed by atoms with Gasteiger partial charge in [0.25, 0.3) is 5.91 Å². The number of aromatic nitrogens is 2. The summed E-state index contributed by atoms with van der Waals surface area (Å²) >= 11 is 0. The van der Waals surface area contributed by atoms with E-state index in [2.05, 4.69) is 10.8 Å². The average Bonchev–Trinajstić information content (AvgIpc) is 2.45. The largest absolute Gasteiger partial charge is 0.442 e. The number of aromatic amines is 1. The number of carbonyl (C=O) groups is 1. The number of primary amides is 1. The molecule has 3 N–H and O–H groups in total. The van der Waals surface area contributed by atoms with Gasteiger partial charge in [-0.2, -0.15) is 18.3 Å². The molecule has 82 valence electrons. The zero-order valence-corrected chi connectivity index (χ0v) is 6.83. The standard InChI is InChI=1S/C5H3F3N4O3/c6-5(7,8)3-2(12(14)15)1(4(9)13)10-11-3/h(H2,9,13)(H,10,11). The van der Waals surface area contributed by atoms with Gasteiger partial charge < -0.3 is 5.73 Å². The lowest BCUT2D eigenvalue weighted by Crippen LogP contribution is -2.14. The van der Waals surface area contributed by atoms with E-state index in [-0.39, 0.29) is 0 Å². The van der Waals surface area contributed by atoms with Crippen LogP contribution in [0.5, 0.6) is 0 Å². The maximum absolute atomic E-state index is 12.1. The highest BCUT2D eigenvalue weighted by atomic mass is 19.4. The van der Waals surface area contributed by atoms with Crippen LogP contribution < -0.4 is 5.73 Å². The van der Waals surface area contributed by atoms with E-state index in [1.165, 1.54) is 0 Å². The van der Waals surface area contributed by atoms with Gasteiger partial charge in [0.2, 0.25) is 11.4 Å². The molecule has 0 saturated carbocycles. The third-order valence-corrected chi connectivity index (χ3v) is 1.44. The number of hydrogen-bond acceptors (Lipinski definition) is 4. The number of hydrogen-bond donors (Lipinski definition) is 2. The van der Waals surface area contributed by atoms with Gasteiger partial charge in [-0.25, -0.2) is 0 Å². The van der Waals surface area contributed by atoms with Gasteiger partial charge in [0.1, 0.15) is 0 Å². The van der Waals surface area contributed by atoms with Crippen molar-refractivity contribution in [3.05, 3.63) is 21.5 Å². The first-order valence-corrected chi connectivity index (χ1v) is 3.35. The Balaban J connectivity index is 3.44. The lowest BCUT2D eigenvalue weighted by molar-refractivity contribution is -0.388. The number of nitrogens with one attached hydrogen (secondary N) is 1. The molecular formula is C5H3F3N4O3. The lowest BCUT2D eigenvalue weighted by Gasteiger charge is -2.00. The normalized spacial score (nSPS) is 11.4. The van der Waals surface area contributed by atoms with E-state index in [1.807, 2.05) is 0 Å². The van der Waals surface area contributed by atoms with Crippen LogP contribution in [-0.2, 0) is 6.18 Å². The van der Waals surface area contributed by atoms with Crippen LogP contribution in [0.4, 0.5) is 18.9 Å². The molecule has 10 heteroatoms. The summed E-state index contributed by atoms with van der Waals surface area (Å²) in [7, 11) is 0. The molecular weight excluding hydrogens is 221 g/mol. The Bertz CT molecular complexity index is 424. The van der Waals surface area contributed by atoms with Gasteiger partial charge in [-0.15, -0.1) is 0 Å². The number of alkyl halides is 3. The van der Waals surface area contributed by atoms with Crippen molar-refractivity contribution in [3.63, 3.8) is 0 Å². The van der Waals surface area contributed by atoms with Gasteiger partial charge >= 0.3 is 11.9 Å². The lowest BCUT2D eigenvalue weighted by atomic mass is 10.3. The topological polar surface area (TPSA) is 115 Å². The van der Waals surface area contributed by atoms with Gasteiger partial charge in [0.05, 0.1) is 4.92 Å². The fourth-order valence-corrected chi connectivity index (χ4v) is 0.883. The van der Waals surface area contributed by atoms with Crippen LogP contribution in [0.25, 0.3) is 0 Å². The molecule has 1 rings (SSSR count). The molecule has 0 unspecified atom stereocenters. The SMILES string of the molecule is NC(=O)c1[nH]nc(C(F)(F)F)c1[N+](=O)[O-]. The molecule has 1 aromatic rings. The summed E-state index contributed by atoms with van der Waals surface area (Å²) in [5.74, 6) is -1.38. The van der Waals surface area contributed by atoms with Crippen molar-refractivity contribution < 1.29 is 22.9 Å². The monoisotopic (exact) mass is 224 g/mol. The highest BCUT2D eigenvalue weighted by Crippen LogP contribution is 2.35. The predicted molar refractivity (Wildman–Crippen MR) is 38.8 cm³/mol. The smallest absolute Gasteiger partial charge is 0.364 e. The second-order valence-corrected chi connectivity index (χ2v) is 2.41. The average molecular weight is 224 g/mol. The minimum atomic E-state index is -5.02. The number of nitrogens with zero attached hydrogens (tertiary/aromatic N) is 2. The van der Waals surface area contributed by atoms with E-state index in [4.69, 9.17) is 0 Å². The Hall–Kier alpha value is -2.13. The summed E-state index contributed by atoms with van der Waals surface area (Å²) in [4.78, 5) is 19.5. The molecule has 0 aliphatic heterocycles. The van der Waals surface area contributed by atoms with Crippen LogP contribution in [0.2, 0.25) is 0 Å². The zero-order chi connectivity index (χ0) is 11.8. The summed E-state index contributed by atoms with van der Waals surface area (Å²) in [5.41, 5.74) is 0.408. The molecule has 0 saturated heterocycles. The van der Waals surface area contributed by atoms with Crippen LogP contribution in [0.15, 0.2) is 0 Å². The fraction of sp³-hybridized carbons (Fsp3) is 0.200. The van der Waals surface area contributed by atoms with Crippen molar-refractivity contribution in [1.29, 1.82) is 0 Å². The molecule has 0 bridgehead atoms. The molecule has 1 heterocycles. The van der Waals surface area contributed by atoms with Crippen LogP contribution >= 0.6 is 0 Å². The molecule has 0 aliphatic rings. The van der Waals surface area contributed by atoms with E-state index in [0.717, 1.165) is 0 Å². The fourth-order valence-electron chi connectivity index (χ4n) is 0.883. The van der Waals surface area contributed by atoms with Crippen molar-refractivity contribution in [2.45, 2.75) is 6.18 Å². The van der Waals surface area contributed by atoms with Crippen molar-refractivity contribution >= 4 is 11.6 Å². The van der Waals surface area contributed by atoms with Crippen LogP contribution in [0, 0.1) is 10.1 Å². The van der Waals surface area contributed by atoms with Crippen LogP contribution in [0.3, 0.4) is 0 Å². The summed E-state index contributed by atoms with van der Waals surface area (Å²) in [5, 5.41) is 14.5. The second-order valence-electron chi connectivity index (χ2n) is 2.41. The summed E-state index contributed by atoms with van der Waals surface area (Å²) in [6.07, 6.45) is -5.02. The van der Waals surface area contributed by atoms with E-state index in [9.17, 15) is 28.1 Å². The number of amides is 1. The molecule has 0 aromatic carbocycles. The zero-order valence-electron chi connectivity index (χ0n) is 6.83. The number of H-pyrrole nitrogens is 1. The third kappa shape index (κ3) is 1.87. The summed E-state index contributed by atoms with van der Waals surface area (Å²) in [6.45, 7) is 0. The van der Waals surface area contributed by atoms with E-state index in [0.29, 0.717) is 0 Å². The Morgan fingerprint density at radius 1 is 1.53 bits per heavy atom. The van der Waals surface area contributed by atoms with Crippen molar-refractivity contribution in [2.24, 2.45) is 5.73 Å². The van der Waals surface area contributed by atoms with E-state index >= 15 is 0 Å². The van der Waals surface area contributed by atoms with Gasteiger partial charge in [0, 0.05) is 0 Å². The molecule has 0 aliphatic carbocycles. The summed E-state index contributed by atoms with van der Waals surface area (Å²) < 4.78 is 36.4. The molecule has 0 atom stereocenters. The van der Waals surface area contributed by atoms with Crippen molar-refractivity contribution in [2.75, 3.05) is 0 Å². The van der Waals surface area contributed by atoms with E-state index < -0.39 is 34.1 Å². The van der Waals surface area contributed by atoms with Crippen molar-refractivity contribution in [3.8, 4) is 0 Å². The third-order valence-electron chi connectivity index (χ3n) is 1.44. The maximum Gasteiger partial charge on any atom is 0.442 e. The Morgan fingerprint density at radius 2 is 2.07 bits per heavy atom. The first-order valence-electron chi connectivity index (χ1n) is 3.35. The number of rotatable bonds is 2. The maximum atomic E-state index is 12.1. The van der Waals surface area contributed by atoms with Crippen LogP contribution in [-0.4, -0.2) is 21.0 Å². The molecule has 0 radical (unpaired) electrons. The number of nitro groups is 1. The summed E-state index contributed by atoms with van der Waals surface area (Å²) in [6, 6.07) is 0. The Morgan fingerprint density at radius 3 is 2.40 bits per heavy atom. The van der Waals surface area contributed by atoms with E-state index in [1.54, 1.807) is 5.10 Å². The first kappa shape index (κ1) is 10.9. The minimum Gasteiger partial charge on any atom is -0.364 e. The van der Waals surface area contributed by atoms with Gasteiger partial charge in [-0.05, 0) is 0 Å². The van der Waals surface area contributed by atoms with Crippen LogP contribution in [0.1, 0.15) is 16.2 Å². The first-order chi connectivity index (χ1) is 6.75. The Kier molecular flexibility index (Phi) is 2.35. The molecule has 15 heavy (non-hydrogen) atoms. The van der Waals surface area contributed by atoms with Gasteiger partial charge in [0.15, 0.2) is 0 Å². The molecule has 1 aromatic heterocycles. The highest BCUT2D eigenvalue weighted by Gasteiger charge is 2.44. The quantitative estimate of drug-likeness (QED) is 0.559. The molecule has 0 spiro atoms. The molecule has 1 amide bonds. The number of nitrogens with two attached hydrogens (primary N) is 1. The van der Waals surface area contributed by atoms with Gasteiger partial charge in [-0.1, -0.05) is 0 Å². The molecule has 7 nitrogen and oxygen atoms in total. The van der Waals surface area contributed by atoms with Crippen molar-refractivity contribution in [1.82, 2.24) is 10.2 Å². The number of halogens is 3. The second kappa shape index (κ2) is 3.22. The molecule has 0 fully saturated rings. The minimum absolute atomic E-state index is 0.979. The predicted octanol–water partition coefficient (Wildman–Crippen LogP) is 0.436. The highest BCUT2D eigenvalue weighted by molar-refractivity contribution is 5.95. The van der Waals surface area contributed by atoms with Gasteiger partial charge in [-0.3, -0.25) is 20.0 Å². The number of carbonyl (C=O) groups excluding carboxylic acids is 1.